The van der Waals surface area contributed by atoms with E-state index in [9.17, 15) is 17.6 Å². The lowest BCUT2D eigenvalue weighted by molar-refractivity contribution is 0.0948. The minimum absolute atomic E-state index is 0.129. The van der Waals surface area contributed by atoms with Crippen molar-refractivity contribution in [1.29, 1.82) is 0 Å². The van der Waals surface area contributed by atoms with Gasteiger partial charge in [0.1, 0.15) is 10.7 Å². The molecule has 0 spiro atoms. The van der Waals surface area contributed by atoms with Crippen LogP contribution in [0.4, 0.5) is 4.39 Å². The normalized spacial score (nSPS) is 16.1. The molecule has 1 amide bonds. The number of methoxy groups -OCH3 is 1. The SMILES string of the molecule is COCCCNC(=O)c1ccc(F)c(S(=O)(=O)N2CCCCC2)c1. The highest BCUT2D eigenvalue weighted by Gasteiger charge is 2.29. The van der Waals surface area contributed by atoms with Crippen molar-refractivity contribution in [3.63, 3.8) is 0 Å². The van der Waals surface area contributed by atoms with Crippen LogP contribution in [0.5, 0.6) is 0 Å². The van der Waals surface area contributed by atoms with Crippen LogP contribution in [0, 0.1) is 5.82 Å². The van der Waals surface area contributed by atoms with Crippen LogP contribution < -0.4 is 5.32 Å². The zero-order chi connectivity index (χ0) is 17.6. The molecule has 0 aromatic heterocycles. The zero-order valence-corrected chi connectivity index (χ0v) is 14.6. The Morgan fingerprint density at radius 1 is 1.29 bits per heavy atom. The van der Waals surface area contributed by atoms with Crippen molar-refractivity contribution in [3.05, 3.63) is 29.6 Å². The highest BCUT2D eigenvalue weighted by Crippen LogP contribution is 2.23. The summed E-state index contributed by atoms with van der Waals surface area (Å²) in [4.78, 5) is 11.7. The summed E-state index contributed by atoms with van der Waals surface area (Å²) in [6, 6.07) is 3.43. The van der Waals surface area contributed by atoms with Gasteiger partial charge in [0, 0.05) is 38.9 Å². The lowest BCUT2D eigenvalue weighted by atomic mass is 10.2. The molecule has 1 fully saturated rings. The van der Waals surface area contributed by atoms with Gasteiger partial charge >= 0.3 is 0 Å². The number of carbonyl (C=O) groups is 1. The van der Waals surface area contributed by atoms with Crippen molar-refractivity contribution < 1.29 is 22.3 Å². The Balaban J connectivity index is 2.17. The summed E-state index contributed by atoms with van der Waals surface area (Å²) in [5.41, 5.74) is 0.129. The van der Waals surface area contributed by atoms with E-state index in [0.29, 0.717) is 32.7 Å². The van der Waals surface area contributed by atoms with Gasteiger partial charge < -0.3 is 10.1 Å². The van der Waals surface area contributed by atoms with Crippen molar-refractivity contribution in [3.8, 4) is 0 Å². The second-order valence-corrected chi connectivity index (χ2v) is 7.62. The first-order valence-corrected chi connectivity index (χ1v) is 9.47. The summed E-state index contributed by atoms with van der Waals surface area (Å²) in [7, 11) is -2.35. The fourth-order valence-electron chi connectivity index (χ4n) is 2.61. The second-order valence-electron chi connectivity index (χ2n) is 5.71. The molecule has 0 bridgehead atoms. The van der Waals surface area contributed by atoms with Crippen LogP contribution in [0.1, 0.15) is 36.0 Å². The Kier molecular flexibility index (Phi) is 6.70. The molecule has 0 unspecified atom stereocenters. The van der Waals surface area contributed by atoms with E-state index < -0.39 is 26.6 Å². The molecule has 1 saturated heterocycles. The standard InChI is InChI=1S/C16H23FN2O4S/c1-23-11-5-8-18-16(20)13-6-7-14(17)15(12-13)24(21,22)19-9-3-2-4-10-19/h6-7,12H,2-5,8-11H2,1H3,(H,18,20). The molecule has 0 aliphatic carbocycles. The second kappa shape index (κ2) is 8.55. The van der Waals surface area contributed by atoms with Gasteiger partial charge in [0.2, 0.25) is 10.0 Å². The minimum Gasteiger partial charge on any atom is -0.385 e. The van der Waals surface area contributed by atoms with E-state index in [1.807, 2.05) is 0 Å². The number of ether oxygens (including phenoxy) is 1. The highest BCUT2D eigenvalue weighted by molar-refractivity contribution is 7.89. The first-order valence-electron chi connectivity index (χ1n) is 8.03. The van der Waals surface area contributed by atoms with E-state index in [2.05, 4.69) is 5.32 Å². The van der Waals surface area contributed by atoms with E-state index in [0.717, 1.165) is 31.4 Å². The van der Waals surface area contributed by atoms with E-state index in [-0.39, 0.29) is 5.56 Å². The number of amides is 1. The molecule has 8 heteroatoms. The summed E-state index contributed by atoms with van der Waals surface area (Å²) in [5.74, 6) is -1.27. The van der Waals surface area contributed by atoms with Gasteiger partial charge in [-0.3, -0.25) is 4.79 Å². The summed E-state index contributed by atoms with van der Waals surface area (Å²) < 4.78 is 45.5. The van der Waals surface area contributed by atoms with E-state index in [1.54, 1.807) is 7.11 Å². The number of sulfonamides is 1. The quantitative estimate of drug-likeness (QED) is 0.754. The number of rotatable bonds is 7. The van der Waals surface area contributed by atoms with Crippen LogP contribution in [0.15, 0.2) is 23.1 Å². The Labute approximate surface area is 142 Å². The first kappa shape index (κ1) is 18.8. The van der Waals surface area contributed by atoms with E-state index in [1.165, 1.54) is 10.4 Å². The van der Waals surface area contributed by atoms with Crippen molar-refractivity contribution in [1.82, 2.24) is 9.62 Å². The lowest BCUT2D eigenvalue weighted by Crippen LogP contribution is -2.36. The van der Waals surface area contributed by atoms with Crippen molar-refractivity contribution in [2.45, 2.75) is 30.6 Å². The molecule has 2 rings (SSSR count). The van der Waals surface area contributed by atoms with Gasteiger partial charge in [0.05, 0.1) is 0 Å². The Morgan fingerprint density at radius 2 is 2.00 bits per heavy atom. The van der Waals surface area contributed by atoms with Gasteiger partial charge in [-0.15, -0.1) is 0 Å². The Morgan fingerprint density at radius 3 is 2.67 bits per heavy atom. The molecule has 1 aliphatic heterocycles. The average Bonchev–Trinajstić information content (AvgIpc) is 2.59. The van der Waals surface area contributed by atoms with E-state index >= 15 is 0 Å². The molecule has 1 aliphatic rings. The third kappa shape index (κ3) is 4.52. The van der Waals surface area contributed by atoms with Crippen LogP contribution in [0.2, 0.25) is 0 Å². The Bertz CT molecular complexity index is 673. The number of halogens is 1. The van der Waals surface area contributed by atoms with Gasteiger partial charge in [-0.1, -0.05) is 6.42 Å². The first-order chi connectivity index (χ1) is 11.5. The van der Waals surface area contributed by atoms with Gasteiger partial charge in [0.15, 0.2) is 0 Å². The largest absolute Gasteiger partial charge is 0.385 e. The molecule has 0 atom stereocenters. The number of hydrogen-bond donors (Lipinski definition) is 1. The van der Waals surface area contributed by atoms with Crippen LogP contribution in [-0.2, 0) is 14.8 Å². The smallest absolute Gasteiger partial charge is 0.251 e. The molecular weight excluding hydrogens is 335 g/mol. The third-order valence-electron chi connectivity index (χ3n) is 3.94. The fourth-order valence-corrected chi connectivity index (χ4v) is 4.21. The maximum Gasteiger partial charge on any atom is 0.251 e. The highest BCUT2D eigenvalue weighted by atomic mass is 32.2. The van der Waals surface area contributed by atoms with E-state index in [4.69, 9.17) is 4.74 Å². The molecule has 1 aromatic rings. The van der Waals surface area contributed by atoms with Crippen LogP contribution in [0.3, 0.4) is 0 Å². The minimum atomic E-state index is -3.92. The number of nitrogens with one attached hydrogen (secondary N) is 1. The van der Waals surface area contributed by atoms with Gasteiger partial charge in [-0.2, -0.15) is 4.31 Å². The average molecular weight is 358 g/mol. The molecule has 24 heavy (non-hydrogen) atoms. The fraction of sp³-hybridized carbons (Fsp3) is 0.562. The van der Waals surface area contributed by atoms with Crippen LogP contribution >= 0.6 is 0 Å². The van der Waals surface area contributed by atoms with Crippen LogP contribution in [-0.4, -0.2) is 52.0 Å². The summed E-state index contributed by atoms with van der Waals surface area (Å²) in [6.07, 6.45) is 3.14. The summed E-state index contributed by atoms with van der Waals surface area (Å²) >= 11 is 0. The Hall–Kier alpha value is -1.51. The number of benzene rings is 1. The molecule has 134 valence electrons. The van der Waals surface area contributed by atoms with Crippen molar-refractivity contribution in [2.75, 3.05) is 33.4 Å². The molecule has 1 heterocycles. The predicted molar refractivity (Wildman–Crippen MR) is 87.8 cm³/mol. The van der Waals surface area contributed by atoms with Gasteiger partial charge in [-0.05, 0) is 37.5 Å². The van der Waals surface area contributed by atoms with Gasteiger partial charge in [-0.25, -0.2) is 12.8 Å². The maximum absolute atomic E-state index is 14.1. The predicted octanol–water partition coefficient (Wildman–Crippen LogP) is 1.77. The van der Waals surface area contributed by atoms with Crippen molar-refractivity contribution >= 4 is 15.9 Å². The third-order valence-corrected chi connectivity index (χ3v) is 5.85. The number of hydrogen-bond acceptors (Lipinski definition) is 4. The molecule has 6 nitrogen and oxygen atoms in total. The summed E-state index contributed by atoms with van der Waals surface area (Å²) in [6.45, 7) is 1.68. The number of carbonyl (C=O) groups excluding carboxylic acids is 1. The number of piperidine rings is 1. The molecular formula is C16H23FN2O4S. The molecule has 0 radical (unpaired) electrons. The molecule has 1 aromatic carbocycles. The molecule has 0 saturated carbocycles. The van der Waals surface area contributed by atoms with Crippen LogP contribution in [0.25, 0.3) is 0 Å². The lowest BCUT2D eigenvalue weighted by Gasteiger charge is -2.26. The zero-order valence-electron chi connectivity index (χ0n) is 13.8. The monoisotopic (exact) mass is 358 g/mol. The number of nitrogens with zero attached hydrogens (tertiary/aromatic N) is 1. The van der Waals surface area contributed by atoms with Gasteiger partial charge in [0.25, 0.3) is 5.91 Å². The van der Waals surface area contributed by atoms with Crippen molar-refractivity contribution in [2.24, 2.45) is 0 Å². The maximum atomic E-state index is 14.1. The summed E-state index contributed by atoms with van der Waals surface area (Å²) in [5, 5.41) is 2.66. The molecule has 1 N–H and O–H groups in total. The topological polar surface area (TPSA) is 75.7 Å².